The molecule has 1 amide bonds. The molecule has 92 valence electrons. The highest BCUT2D eigenvalue weighted by molar-refractivity contribution is 5.95. The summed E-state index contributed by atoms with van der Waals surface area (Å²) >= 11 is 0. The third kappa shape index (κ3) is 2.78. The fourth-order valence-corrected chi connectivity index (χ4v) is 2.31. The number of nitrogens with zero attached hydrogens (tertiary/aromatic N) is 1. The molecule has 0 spiro atoms. The third-order valence-corrected chi connectivity index (χ3v) is 3.13. The second-order valence-electron chi connectivity index (χ2n) is 4.61. The van der Waals surface area contributed by atoms with E-state index >= 15 is 0 Å². The van der Waals surface area contributed by atoms with Gasteiger partial charge in [0, 0.05) is 30.9 Å². The number of hydrogen-bond acceptors (Lipinski definition) is 2. The van der Waals surface area contributed by atoms with Crippen molar-refractivity contribution in [3.05, 3.63) is 29.3 Å². The predicted molar refractivity (Wildman–Crippen MR) is 70.6 cm³/mol. The van der Waals surface area contributed by atoms with Crippen LogP contribution in [0.3, 0.4) is 0 Å². The maximum absolute atomic E-state index is 11.8. The van der Waals surface area contributed by atoms with E-state index in [1.54, 1.807) is 0 Å². The molecule has 0 radical (unpaired) electrons. The lowest BCUT2D eigenvalue weighted by atomic mass is 10.1. The molecule has 0 saturated carbocycles. The van der Waals surface area contributed by atoms with E-state index in [1.807, 2.05) is 26.0 Å². The Morgan fingerprint density at radius 3 is 2.65 bits per heavy atom. The summed E-state index contributed by atoms with van der Waals surface area (Å²) in [5.74, 6) is 0.0247. The minimum absolute atomic E-state index is 0.0247. The zero-order chi connectivity index (χ0) is 12.3. The average Bonchev–Trinajstić information content (AvgIpc) is 2.82. The Kier molecular flexibility index (Phi) is 3.67. The first-order valence-corrected chi connectivity index (χ1v) is 6.35. The van der Waals surface area contributed by atoms with Crippen LogP contribution >= 0.6 is 0 Å². The van der Waals surface area contributed by atoms with Crippen molar-refractivity contribution >= 4 is 11.6 Å². The molecular weight excluding hydrogens is 212 g/mol. The van der Waals surface area contributed by atoms with Crippen LogP contribution in [0.5, 0.6) is 0 Å². The van der Waals surface area contributed by atoms with Gasteiger partial charge in [-0.3, -0.25) is 4.79 Å². The van der Waals surface area contributed by atoms with Crippen molar-refractivity contribution < 1.29 is 4.79 Å². The fourth-order valence-electron chi connectivity index (χ4n) is 2.31. The van der Waals surface area contributed by atoms with E-state index in [4.69, 9.17) is 0 Å². The summed E-state index contributed by atoms with van der Waals surface area (Å²) in [6, 6.07) is 6.11. The van der Waals surface area contributed by atoms with Crippen molar-refractivity contribution in [2.75, 3.05) is 24.5 Å². The van der Waals surface area contributed by atoms with E-state index in [9.17, 15) is 4.79 Å². The minimum atomic E-state index is 0.0247. The number of carbonyl (C=O) groups is 1. The zero-order valence-corrected chi connectivity index (χ0v) is 10.6. The number of benzene rings is 1. The first kappa shape index (κ1) is 12.0. The normalized spacial score (nSPS) is 15.1. The molecule has 1 saturated heterocycles. The topological polar surface area (TPSA) is 32.3 Å². The highest BCUT2D eigenvalue weighted by Gasteiger charge is 2.14. The third-order valence-electron chi connectivity index (χ3n) is 3.13. The van der Waals surface area contributed by atoms with Gasteiger partial charge in [0.15, 0.2) is 0 Å². The summed E-state index contributed by atoms with van der Waals surface area (Å²) < 4.78 is 0. The molecule has 3 heteroatoms. The summed E-state index contributed by atoms with van der Waals surface area (Å²) in [7, 11) is 0. The standard InChI is InChI=1S/C14H20N2O/c1-3-15-14(17)12-8-11(2)9-13(10-12)16-6-4-5-7-16/h8-10H,3-7H2,1-2H3,(H,15,17). The summed E-state index contributed by atoms with van der Waals surface area (Å²) in [6.07, 6.45) is 2.51. The molecule has 0 bridgehead atoms. The van der Waals surface area contributed by atoms with Gasteiger partial charge in [0.05, 0.1) is 0 Å². The van der Waals surface area contributed by atoms with Gasteiger partial charge < -0.3 is 10.2 Å². The van der Waals surface area contributed by atoms with Crippen LogP contribution in [0.25, 0.3) is 0 Å². The van der Waals surface area contributed by atoms with Gasteiger partial charge in [0.2, 0.25) is 0 Å². The van der Waals surface area contributed by atoms with Gasteiger partial charge >= 0.3 is 0 Å². The maximum Gasteiger partial charge on any atom is 0.251 e. The lowest BCUT2D eigenvalue weighted by Gasteiger charge is -2.19. The fraction of sp³-hybridized carbons (Fsp3) is 0.500. The molecule has 2 rings (SSSR count). The number of amides is 1. The molecule has 1 fully saturated rings. The van der Waals surface area contributed by atoms with Crippen LogP contribution in [-0.4, -0.2) is 25.5 Å². The molecule has 1 aromatic rings. The molecule has 1 heterocycles. The molecule has 0 atom stereocenters. The first-order chi connectivity index (χ1) is 8.20. The monoisotopic (exact) mass is 232 g/mol. The number of aryl methyl sites for hydroxylation is 1. The molecule has 1 aliphatic heterocycles. The van der Waals surface area contributed by atoms with E-state index in [1.165, 1.54) is 18.5 Å². The van der Waals surface area contributed by atoms with Crippen LogP contribution in [0, 0.1) is 6.92 Å². The van der Waals surface area contributed by atoms with Gasteiger partial charge in [-0.2, -0.15) is 0 Å². The Hall–Kier alpha value is -1.51. The Balaban J connectivity index is 2.25. The number of nitrogens with one attached hydrogen (secondary N) is 1. The van der Waals surface area contributed by atoms with E-state index in [0.717, 1.165) is 24.2 Å². The lowest BCUT2D eigenvalue weighted by molar-refractivity contribution is 0.0956. The van der Waals surface area contributed by atoms with Crippen LogP contribution in [0.2, 0.25) is 0 Å². The zero-order valence-electron chi connectivity index (χ0n) is 10.6. The molecule has 1 aromatic carbocycles. The molecule has 0 unspecified atom stereocenters. The number of carbonyl (C=O) groups excluding carboxylic acids is 1. The van der Waals surface area contributed by atoms with Crippen LogP contribution in [0.1, 0.15) is 35.7 Å². The van der Waals surface area contributed by atoms with Crippen molar-refractivity contribution in [1.82, 2.24) is 5.32 Å². The molecular formula is C14H20N2O. The van der Waals surface area contributed by atoms with Gasteiger partial charge in [-0.05, 0) is 50.5 Å². The van der Waals surface area contributed by atoms with Gasteiger partial charge in [0.25, 0.3) is 5.91 Å². The van der Waals surface area contributed by atoms with Crippen LogP contribution in [0.15, 0.2) is 18.2 Å². The minimum Gasteiger partial charge on any atom is -0.372 e. The molecule has 0 aromatic heterocycles. The van der Waals surface area contributed by atoms with E-state index in [-0.39, 0.29) is 5.91 Å². The Morgan fingerprint density at radius 2 is 2.00 bits per heavy atom. The van der Waals surface area contributed by atoms with Gasteiger partial charge in [-0.1, -0.05) is 0 Å². The smallest absolute Gasteiger partial charge is 0.251 e. The van der Waals surface area contributed by atoms with Crippen molar-refractivity contribution in [1.29, 1.82) is 0 Å². The van der Waals surface area contributed by atoms with Gasteiger partial charge in [-0.25, -0.2) is 0 Å². The second-order valence-corrected chi connectivity index (χ2v) is 4.61. The number of hydrogen-bond donors (Lipinski definition) is 1. The molecule has 1 aliphatic rings. The van der Waals surface area contributed by atoms with Crippen molar-refractivity contribution in [3.63, 3.8) is 0 Å². The summed E-state index contributed by atoms with van der Waals surface area (Å²) in [5.41, 5.74) is 3.10. The van der Waals surface area contributed by atoms with Gasteiger partial charge in [0.1, 0.15) is 0 Å². The van der Waals surface area contributed by atoms with Gasteiger partial charge in [-0.15, -0.1) is 0 Å². The van der Waals surface area contributed by atoms with E-state index < -0.39 is 0 Å². The Labute approximate surface area is 103 Å². The molecule has 1 N–H and O–H groups in total. The van der Waals surface area contributed by atoms with Crippen molar-refractivity contribution in [3.8, 4) is 0 Å². The first-order valence-electron chi connectivity index (χ1n) is 6.35. The number of rotatable bonds is 3. The van der Waals surface area contributed by atoms with E-state index in [0.29, 0.717) is 6.54 Å². The van der Waals surface area contributed by atoms with Crippen LogP contribution in [-0.2, 0) is 0 Å². The van der Waals surface area contributed by atoms with Crippen LogP contribution in [0.4, 0.5) is 5.69 Å². The molecule has 3 nitrogen and oxygen atoms in total. The predicted octanol–water partition coefficient (Wildman–Crippen LogP) is 2.34. The van der Waals surface area contributed by atoms with E-state index in [2.05, 4.69) is 16.3 Å². The SMILES string of the molecule is CCNC(=O)c1cc(C)cc(N2CCCC2)c1. The van der Waals surface area contributed by atoms with Crippen LogP contribution < -0.4 is 10.2 Å². The van der Waals surface area contributed by atoms with Crippen molar-refractivity contribution in [2.24, 2.45) is 0 Å². The maximum atomic E-state index is 11.8. The largest absolute Gasteiger partial charge is 0.372 e. The quantitative estimate of drug-likeness (QED) is 0.867. The average molecular weight is 232 g/mol. The summed E-state index contributed by atoms with van der Waals surface area (Å²) in [4.78, 5) is 14.2. The lowest BCUT2D eigenvalue weighted by Crippen LogP contribution is -2.24. The Morgan fingerprint density at radius 1 is 1.29 bits per heavy atom. The summed E-state index contributed by atoms with van der Waals surface area (Å²) in [5, 5.41) is 2.85. The summed E-state index contributed by atoms with van der Waals surface area (Å²) in [6.45, 7) is 6.87. The highest BCUT2D eigenvalue weighted by atomic mass is 16.1. The Bertz CT molecular complexity index is 409. The highest BCUT2D eigenvalue weighted by Crippen LogP contribution is 2.23. The molecule has 17 heavy (non-hydrogen) atoms. The molecule has 0 aliphatic carbocycles. The second kappa shape index (κ2) is 5.21. The van der Waals surface area contributed by atoms with Crippen molar-refractivity contribution in [2.45, 2.75) is 26.7 Å². The number of anilines is 1.